The van der Waals surface area contributed by atoms with E-state index in [0.717, 1.165) is 43.0 Å². The first-order chi connectivity index (χ1) is 17.0. The summed E-state index contributed by atoms with van der Waals surface area (Å²) in [6.45, 7) is 4.21. The molecule has 1 saturated heterocycles. The Morgan fingerprint density at radius 2 is 1.66 bits per heavy atom. The molecule has 3 heterocycles. The van der Waals surface area contributed by atoms with Gasteiger partial charge in [0.1, 0.15) is 23.2 Å². The second-order valence-corrected chi connectivity index (χ2v) is 8.94. The number of alkyl halides is 1. The lowest BCUT2D eigenvalue weighted by atomic mass is 10.1. The molecule has 0 aliphatic carbocycles. The summed E-state index contributed by atoms with van der Waals surface area (Å²) in [5.74, 6) is 1.25. The van der Waals surface area contributed by atoms with Gasteiger partial charge in [-0.15, -0.1) is 0 Å². The molecule has 1 aliphatic heterocycles. The fourth-order valence-corrected chi connectivity index (χ4v) is 4.43. The molecule has 0 saturated carbocycles. The van der Waals surface area contributed by atoms with Gasteiger partial charge >= 0.3 is 0 Å². The molecule has 7 nitrogen and oxygen atoms in total. The van der Waals surface area contributed by atoms with E-state index in [9.17, 15) is 0 Å². The zero-order valence-corrected chi connectivity index (χ0v) is 20.3. The number of ether oxygens (including phenoxy) is 2. The highest BCUT2D eigenvalue weighted by Crippen LogP contribution is 2.29. The van der Waals surface area contributed by atoms with Crippen LogP contribution < -0.4 is 14.4 Å². The van der Waals surface area contributed by atoms with Crippen LogP contribution in [0.2, 0.25) is 0 Å². The zero-order chi connectivity index (χ0) is 24.4. The van der Waals surface area contributed by atoms with Crippen LogP contribution in [0.25, 0.3) is 22.4 Å². The molecule has 0 spiro atoms. The summed E-state index contributed by atoms with van der Waals surface area (Å²) in [4.78, 5) is 17.1. The SMILES string of the molecule is COc1cc(CC(F)c2cnc3[nH]c(-c4ccc(N5CCN(C)CC5)cc4)cc3n2)cc(OC)c1. The van der Waals surface area contributed by atoms with E-state index in [1.54, 1.807) is 32.4 Å². The third kappa shape index (κ3) is 5.07. The number of anilines is 1. The summed E-state index contributed by atoms with van der Waals surface area (Å²) in [6.07, 6.45) is 0.352. The van der Waals surface area contributed by atoms with Crippen LogP contribution in [0.15, 0.2) is 54.7 Å². The minimum absolute atomic E-state index is 0.152. The van der Waals surface area contributed by atoms with E-state index in [-0.39, 0.29) is 6.42 Å². The number of hydrogen-bond donors (Lipinski definition) is 1. The molecule has 182 valence electrons. The van der Waals surface area contributed by atoms with Crippen LogP contribution in [-0.4, -0.2) is 67.3 Å². The molecule has 35 heavy (non-hydrogen) atoms. The number of hydrogen-bond acceptors (Lipinski definition) is 6. The fraction of sp³-hybridized carbons (Fsp3) is 0.333. The average Bonchev–Trinajstić information content (AvgIpc) is 3.32. The molecule has 1 atom stereocenters. The van der Waals surface area contributed by atoms with Gasteiger partial charge in [-0.25, -0.2) is 14.4 Å². The van der Waals surface area contributed by atoms with Crippen LogP contribution in [0.1, 0.15) is 17.4 Å². The van der Waals surface area contributed by atoms with Gasteiger partial charge in [-0.1, -0.05) is 12.1 Å². The predicted molar refractivity (Wildman–Crippen MR) is 136 cm³/mol. The number of nitrogens with zero attached hydrogens (tertiary/aromatic N) is 4. The number of aromatic amines is 1. The highest BCUT2D eigenvalue weighted by Gasteiger charge is 2.17. The summed E-state index contributed by atoms with van der Waals surface area (Å²) in [5, 5.41) is 0. The first-order valence-electron chi connectivity index (χ1n) is 11.8. The van der Waals surface area contributed by atoms with Crippen LogP contribution in [0.3, 0.4) is 0 Å². The topological polar surface area (TPSA) is 66.5 Å². The van der Waals surface area contributed by atoms with Gasteiger partial charge in [0.2, 0.25) is 0 Å². The van der Waals surface area contributed by atoms with Gasteiger partial charge in [0.15, 0.2) is 5.65 Å². The minimum atomic E-state index is -1.30. The van der Waals surface area contributed by atoms with Gasteiger partial charge < -0.3 is 24.3 Å². The molecular weight excluding hydrogens is 445 g/mol. The zero-order valence-electron chi connectivity index (χ0n) is 20.3. The maximum absolute atomic E-state index is 15.2. The summed E-state index contributed by atoms with van der Waals surface area (Å²) in [5.41, 5.74) is 5.54. The summed E-state index contributed by atoms with van der Waals surface area (Å²) < 4.78 is 25.8. The van der Waals surface area contributed by atoms with E-state index >= 15 is 4.39 Å². The Morgan fingerprint density at radius 1 is 0.971 bits per heavy atom. The smallest absolute Gasteiger partial charge is 0.156 e. The van der Waals surface area contributed by atoms with Crippen molar-refractivity contribution in [3.63, 3.8) is 0 Å². The van der Waals surface area contributed by atoms with Gasteiger partial charge in [0.05, 0.1) is 26.1 Å². The molecule has 2 aromatic heterocycles. The number of aromatic nitrogens is 3. The highest BCUT2D eigenvalue weighted by atomic mass is 19.1. The fourth-order valence-electron chi connectivity index (χ4n) is 4.43. The monoisotopic (exact) mass is 475 g/mol. The van der Waals surface area contributed by atoms with Gasteiger partial charge in [-0.2, -0.15) is 0 Å². The summed E-state index contributed by atoms with van der Waals surface area (Å²) in [7, 11) is 5.31. The molecule has 1 N–H and O–H groups in total. The molecule has 1 unspecified atom stereocenters. The number of benzene rings is 2. The number of rotatable bonds is 7. The van der Waals surface area contributed by atoms with Crippen molar-refractivity contribution in [1.29, 1.82) is 0 Å². The molecule has 4 aromatic rings. The minimum Gasteiger partial charge on any atom is -0.497 e. The van der Waals surface area contributed by atoms with Crippen molar-refractivity contribution in [2.24, 2.45) is 0 Å². The van der Waals surface area contributed by atoms with Crippen LogP contribution in [-0.2, 0) is 6.42 Å². The standard InChI is InChI=1S/C27H30FN5O2/c1-32-8-10-33(11-9-32)20-6-4-19(5-7-20)24-16-25-27(31-24)29-17-26(30-25)23(28)14-18-12-21(34-2)15-22(13-18)35-3/h4-7,12-13,15-17,23H,8-11,14H2,1-3H3,(H,29,31). The van der Waals surface area contributed by atoms with Crippen molar-refractivity contribution in [2.45, 2.75) is 12.6 Å². The number of likely N-dealkylation sites (N-methyl/N-ethyl adjacent to an activating group) is 1. The van der Waals surface area contributed by atoms with E-state index in [4.69, 9.17) is 9.47 Å². The maximum Gasteiger partial charge on any atom is 0.156 e. The third-order valence-corrected chi connectivity index (χ3v) is 6.55. The van der Waals surface area contributed by atoms with Gasteiger partial charge in [0, 0.05) is 50.0 Å². The number of methoxy groups -OCH3 is 2. The van der Waals surface area contributed by atoms with E-state index in [2.05, 4.69) is 56.1 Å². The van der Waals surface area contributed by atoms with Crippen molar-refractivity contribution in [3.05, 3.63) is 66.0 Å². The van der Waals surface area contributed by atoms with Crippen LogP contribution in [0.4, 0.5) is 10.1 Å². The largest absolute Gasteiger partial charge is 0.497 e. The Labute approximate surface area is 204 Å². The Morgan fingerprint density at radius 3 is 2.31 bits per heavy atom. The van der Waals surface area contributed by atoms with E-state index < -0.39 is 6.17 Å². The van der Waals surface area contributed by atoms with Gasteiger partial charge in [-0.05, 0) is 48.5 Å². The maximum atomic E-state index is 15.2. The number of nitrogens with one attached hydrogen (secondary N) is 1. The first kappa shape index (κ1) is 23.1. The quantitative estimate of drug-likeness (QED) is 0.420. The van der Waals surface area contributed by atoms with Crippen molar-refractivity contribution >= 4 is 16.9 Å². The van der Waals surface area contributed by atoms with Gasteiger partial charge in [0.25, 0.3) is 0 Å². The summed E-state index contributed by atoms with van der Waals surface area (Å²) >= 11 is 0. The van der Waals surface area contributed by atoms with E-state index in [1.165, 1.54) is 11.9 Å². The average molecular weight is 476 g/mol. The second kappa shape index (κ2) is 9.92. The lowest BCUT2D eigenvalue weighted by Gasteiger charge is -2.34. The van der Waals surface area contributed by atoms with Crippen LogP contribution >= 0.6 is 0 Å². The molecule has 1 fully saturated rings. The van der Waals surface area contributed by atoms with Crippen molar-refractivity contribution in [2.75, 3.05) is 52.3 Å². The number of halogens is 1. The van der Waals surface area contributed by atoms with E-state index in [1.807, 2.05) is 6.07 Å². The Kier molecular flexibility index (Phi) is 6.55. The molecule has 5 rings (SSSR count). The lowest BCUT2D eigenvalue weighted by molar-refractivity contribution is 0.313. The van der Waals surface area contributed by atoms with Crippen molar-refractivity contribution < 1.29 is 13.9 Å². The van der Waals surface area contributed by atoms with Gasteiger partial charge in [-0.3, -0.25) is 0 Å². The molecule has 1 aliphatic rings. The molecule has 2 aromatic carbocycles. The Balaban J connectivity index is 1.33. The molecule has 8 heteroatoms. The highest BCUT2D eigenvalue weighted by molar-refractivity contribution is 5.80. The van der Waals surface area contributed by atoms with Crippen molar-refractivity contribution in [1.82, 2.24) is 19.9 Å². The van der Waals surface area contributed by atoms with E-state index in [0.29, 0.717) is 28.4 Å². The Hall–Kier alpha value is -3.65. The van der Waals surface area contributed by atoms with Crippen LogP contribution in [0.5, 0.6) is 11.5 Å². The lowest BCUT2D eigenvalue weighted by Crippen LogP contribution is -2.44. The second-order valence-electron chi connectivity index (χ2n) is 8.94. The normalized spacial score (nSPS) is 15.4. The molecule has 0 bridgehead atoms. The number of H-pyrrole nitrogens is 1. The summed E-state index contributed by atoms with van der Waals surface area (Å²) in [6, 6.07) is 15.8. The third-order valence-electron chi connectivity index (χ3n) is 6.55. The van der Waals surface area contributed by atoms with Crippen LogP contribution in [0, 0.1) is 0 Å². The van der Waals surface area contributed by atoms with Crippen molar-refractivity contribution in [3.8, 4) is 22.8 Å². The predicted octanol–water partition coefficient (Wildman–Crippen LogP) is 4.65. The number of piperazine rings is 1. The molecule has 0 radical (unpaired) electrons. The molecular formula is C27H30FN5O2. The Bertz CT molecular complexity index is 1280. The first-order valence-corrected chi connectivity index (χ1v) is 11.8. The number of fused-ring (bicyclic) bond motifs is 1. The molecule has 0 amide bonds.